The molecule has 6 nitrogen and oxygen atoms in total. The van der Waals surface area contributed by atoms with Gasteiger partial charge in [0, 0.05) is 24.9 Å². The van der Waals surface area contributed by atoms with Gasteiger partial charge in [0.2, 0.25) is 11.7 Å². The molecule has 2 aromatic heterocycles. The summed E-state index contributed by atoms with van der Waals surface area (Å²) in [6.07, 6.45) is 3.95. The first-order valence-corrected chi connectivity index (χ1v) is 5.24. The number of nitrogens with two attached hydrogens (primary N) is 1. The standard InChI is InChI=1S/C10H15N5O/c1-6(2)7(11)5-8-14-10(15-16-8)9-12-3-4-13-9/h3-4,6-7H,5,11H2,1-2H3,(H,12,13). The first kappa shape index (κ1) is 10.8. The smallest absolute Gasteiger partial charge is 0.238 e. The van der Waals surface area contributed by atoms with Crippen molar-refractivity contribution in [1.82, 2.24) is 20.1 Å². The van der Waals surface area contributed by atoms with Gasteiger partial charge >= 0.3 is 0 Å². The molecule has 0 saturated carbocycles. The number of nitrogens with one attached hydrogen (secondary N) is 1. The molecule has 1 unspecified atom stereocenters. The van der Waals surface area contributed by atoms with Gasteiger partial charge in [-0.3, -0.25) is 0 Å². The molecule has 0 aliphatic carbocycles. The fraction of sp³-hybridized carbons (Fsp3) is 0.500. The Kier molecular flexibility index (Phi) is 3.00. The number of hydrogen-bond donors (Lipinski definition) is 2. The van der Waals surface area contributed by atoms with Crippen LogP contribution in [-0.4, -0.2) is 26.2 Å². The Morgan fingerprint density at radius 3 is 2.94 bits per heavy atom. The van der Waals surface area contributed by atoms with Gasteiger partial charge in [0.05, 0.1) is 0 Å². The van der Waals surface area contributed by atoms with Crippen molar-refractivity contribution in [1.29, 1.82) is 0 Å². The molecule has 2 rings (SSSR count). The predicted molar refractivity (Wildman–Crippen MR) is 58.4 cm³/mol. The molecular weight excluding hydrogens is 206 g/mol. The molecule has 0 fully saturated rings. The van der Waals surface area contributed by atoms with Crippen molar-refractivity contribution in [2.75, 3.05) is 0 Å². The van der Waals surface area contributed by atoms with E-state index in [1.807, 2.05) is 0 Å². The van der Waals surface area contributed by atoms with Crippen LogP contribution in [0.25, 0.3) is 11.6 Å². The molecule has 1 atom stereocenters. The molecule has 0 radical (unpaired) electrons. The van der Waals surface area contributed by atoms with E-state index in [4.69, 9.17) is 10.3 Å². The van der Waals surface area contributed by atoms with Crippen molar-refractivity contribution in [2.45, 2.75) is 26.3 Å². The largest absolute Gasteiger partial charge is 0.342 e. The molecule has 0 spiro atoms. The highest BCUT2D eigenvalue weighted by Crippen LogP contribution is 2.12. The summed E-state index contributed by atoms with van der Waals surface area (Å²) in [5.74, 6) is 2.01. The minimum atomic E-state index is 0.0323. The molecule has 86 valence electrons. The summed E-state index contributed by atoms with van der Waals surface area (Å²) >= 11 is 0. The van der Waals surface area contributed by atoms with Crippen molar-refractivity contribution in [2.24, 2.45) is 11.7 Å². The van der Waals surface area contributed by atoms with Crippen molar-refractivity contribution in [3.8, 4) is 11.6 Å². The normalized spacial score (nSPS) is 13.2. The maximum Gasteiger partial charge on any atom is 0.238 e. The Morgan fingerprint density at radius 1 is 1.50 bits per heavy atom. The quantitative estimate of drug-likeness (QED) is 0.802. The number of hydrogen-bond acceptors (Lipinski definition) is 5. The molecule has 3 N–H and O–H groups in total. The Morgan fingerprint density at radius 2 is 2.31 bits per heavy atom. The molecule has 0 aliphatic rings. The maximum atomic E-state index is 5.93. The van der Waals surface area contributed by atoms with E-state index in [1.54, 1.807) is 12.4 Å². The highest BCUT2D eigenvalue weighted by Gasteiger charge is 2.15. The molecule has 0 aromatic carbocycles. The average Bonchev–Trinajstić information content (AvgIpc) is 2.85. The van der Waals surface area contributed by atoms with Gasteiger partial charge in [0.1, 0.15) is 0 Å². The summed E-state index contributed by atoms with van der Waals surface area (Å²) in [5.41, 5.74) is 5.93. The number of rotatable bonds is 4. The van der Waals surface area contributed by atoms with Crippen LogP contribution in [0.1, 0.15) is 19.7 Å². The summed E-state index contributed by atoms with van der Waals surface area (Å²) in [6.45, 7) is 4.13. The lowest BCUT2D eigenvalue weighted by Crippen LogP contribution is -2.28. The van der Waals surface area contributed by atoms with Gasteiger partial charge in [0.25, 0.3) is 0 Å². The highest BCUT2D eigenvalue weighted by molar-refractivity contribution is 5.40. The zero-order chi connectivity index (χ0) is 11.5. The van der Waals surface area contributed by atoms with E-state index in [2.05, 4.69) is 34.0 Å². The van der Waals surface area contributed by atoms with Crippen LogP contribution in [0.15, 0.2) is 16.9 Å². The van der Waals surface area contributed by atoms with Crippen LogP contribution in [0.2, 0.25) is 0 Å². The molecule has 0 aliphatic heterocycles. The Hall–Kier alpha value is -1.69. The summed E-state index contributed by atoms with van der Waals surface area (Å²) < 4.78 is 5.11. The van der Waals surface area contributed by atoms with Crippen molar-refractivity contribution < 1.29 is 4.52 Å². The molecule has 2 heterocycles. The van der Waals surface area contributed by atoms with E-state index in [-0.39, 0.29) is 6.04 Å². The summed E-state index contributed by atoms with van der Waals surface area (Å²) in [5, 5.41) is 3.84. The average molecular weight is 221 g/mol. The molecule has 2 aromatic rings. The first-order chi connectivity index (χ1) is 7.66. The van der Waals surface area contributed by atoms with Crippen LogP contribution >= 0.6 is 0 Å². The van der Waals surface area contributed by atoms with Crippen molar-refractivity contribution in [3.63, 3.8) is 0 Å². The van der Waals surface area contributed by atoms with Crippen LogP contribution in [0.3, 0.4) is 0 Å². The van der Waals surface area contributed by atoms with E-state index in [9.17, 15) is 0 Å². The third kappa shape index (κ3) is 2.27. The fourth-order valence-corrected chi connectivity index (χ4v) is 1.26. The monoisotopic (exact) mass is 221 g/mol. The molecular formula is C10H15N5O. The molecule has 6 heteroatoms. The summed E-state index contributed by atoms with van der Waals surface area (Å²) in [6, 6.07) is 0.0323. The van der Waals surface area contributed by atoms with Crippen LogP contribution in [-0.2, 0) is 6.42 Å². The van der Waals surface area contributed by atoms with Gasteiger partial charge in [0.15, 0.2) is 5.82 Å². The number of imidazole rings is 1. The van der Waals surface area contributed by atoms with Gasteiger partial charge in [-0.25, -0.2) is 4.98 Å². The van der Waals surface area contributed by atoms with Gasteiger partial charge < -0.3 is 15.2 Å². The first-order valence-electron chi connectivity index (χ1n) is 5.24. The minimum absolute atomic E-state index is 0.0323. The molecule has 16 heavy (non-hydrogen) atoms. The van der Waals surface area contributed by atoms with Gasteiger partial charge in [-0.2, -0.15) is 4.98 Å². The SMILES string of the molecule is CC(C)C(N)Cc1nc(-c2ncc[nH]2)no1. The lowest BCUT2D eigenvalue weighted by atomic mass is 10.0. The van der Waals surface area contributed by atoms with E-state index in [0.717, 1.165) is 0 Å². The number of aromatic nitrogens is 4. The minimum Gasteiger partial charge on any atom is -0.342 e. The Balaban J connectivity index is 2.08. The van der Waals surface area contributed by atoms with Gasteiger partial charge in [-0.15, -0.1) is 0 Å². The molecule has 0 amide bonds. The molecule has 0 saturated heterocycles. The van der Waals surface area contributed by atoms with Crippen LogP contribution in [0.5, 0.6) is 0 Å². The predicted octanol–water partition coefficient (Wildman–Crippen LogP) is 0.985. The molecule has 0 bridgehead atoms. The summed E-state index contributed by atoms with van der Waals surface area (Å²) in [4.78, 5) is 11.2. The third-order valence-corrected chi connectivity index (χ3v) is 2.44. The zero-order valence-corrected chi connectivity index (χ0v) is 9.34. The third-order valence-electron chi connectivity index (χ3n) is 2.44. The van der Waals surface area contributed by atoms with Crippen LogP contribution in [0.4, 0.5) is 0 Å². The van der Waals surface area contributed by atoms with Gasteiger partial charge in [-0.05, 0) is 5.92 Å². The van der Waals surface area contributed by atoms with E-state index in [0.29, 0.717) is 29.9 Å². The van der Waals surface area contributed by atoms with E-state index in [1.165, 1.54) is 0 Å². The second-order valence-corrected chi connectivity index (χ2v) is 4.06. The lowest BCUT2D eigenvalue weighted by Gasteiger charge is -2.11. The van der Waals surface area contributed by atoms with Gasteiger partial charge in [-0.1, -0.05) is 19.0 Å². The van der Waals surface area contributed by atoms with E-state index < -0.39 is 0 Å². The topological polar surface area (TPSA) is 93.6 Å². The lowest BCUT2D eigenvalue weighted by molar-refractivity contribution is 0.353. The highest BCUT2D eigenvalue weighted by atomic mass is 16.5. The van der Waals surface area contributed by atoms with E-state index >= 15 is 0 Å². The maximum absolute atomic E-state index is 5.93. The summed E-state index contributed by atoms with van der Waals surface area (Å²) in [7, 11) is 0. The van der Waals surface area contributed by atoms with Crippen molar-refractivity contribution >= 4 is 0 Å². The Labute approximate surface area is 93.3 Å². The van der Waals surface area contributed by atoms with Crippen molar-refractivity contribution in [3.05, 3.63) is 18.3 Å². The second-order valence-electron chi connectivity index (χ2n) is 4.06. The van der Waals surface area contributed by atoms with Crippen LogP contribution in [0, 0.1) is 5.92 Å². The second kappa shape index (κ2) is 4.44. The zero-order valence-electron chi connectivity index (χ0n) is 9.34. The number of nitrogens with zero attached hydrogens (tertiary/aromatic N) is 3. The van der Waals surface area contributed by atoms with Crippen LogP contribution < -0.4 is 5.73 Å². The fourth-order valence-electron chi connectivity index (χ4n) is 1.26. The Bertz CT molecular complexity index is 434. The number of H-pyrrole nitrogens is 1. The number of aromatic amines is 1.